The number of pyridine rings is 6. The molecule has 7 N–H and O–H groups in total. The van der Waals surface area contributed by atoms with Gasteiger partial charge in [-0.25, -0.2) is 19.9 Å². The Balaban J connectivity index is 0.000000207. The van der Waals surface area contributed by atoms with E-state index in [1.807, 2.05) is 74.9 Å². The number of hydrogen-bond acceptors (Lipinski definition) is 11. The van der Waals surface area contributed by atoms with E-state index in [-0.39, 0.29) is 11.8 Å². The molecule has 0 saturated heterocycles. The summed E-state index contributed by atoms with van der Waals surface area (Å²) in [6.07, 6.45) is 8.01. The molecule has 68 heavy (non-hydrogen) atoms. The SMILES string of the molecule is Cc1cc(N)nc(C)c1CNC(=O)c1ccnc(Cc2cnc3[nH]c(Cl)cc3c2)c1.Cc1cc(N)nc(C)c1CNC(=O)c1ccnc(Cc2cnc3c(c2)cc(Cl)n3COCC[Si](C)(C)C)c1. The summed E-state index contributed by atoms with van der Waals surface area (Å²) in [5.74, 6) is 0.621. The molecule has 8 aromatic rings. The van der Waals surface area contributed by atoms with Crippen LogP contribution < -0.4 is 22.1 Å². The molecule has 0 bridgehead atoms. The molecule has 0 unspecified atom stereocenters. The van der Waals surface area contributed by atoms with Crippen LogP contribution in [0.25, 0.3) is 22.1 Å². The fraction of sp³-hybridized carbons (Fsp3) is 0.280. The number of carbonyl (C=O) groups excluding carboxylic acids is 2. The van der Waals surface area contributed by atoms with E-state index in [9.17, 15) is 9.59 Å². The third-order valence-electron chi connectivity index (χ3n) is 11.4. The van der Waals surface area contributed by atoms with E-state index in [0.29, 0.717) is 65.7 Å². The third-order valence-corrected chi connectivity index (χ3v) is 13.6. The average Bonchev–Trinajstić information content (AvgIpc) is 3.80. The van der Waals surface area contributed by atoms with Crippen molar-refractivity contribution in [3.05, 3.63) is 163 Å². The molecule has 8 rings (SSSR count). The fourth-order valence-electron chi connectivity index (χ4n) is 7.74. The highest BCUT2D eigenvalue weighted by atomic mass is 35.5. The quantitative estimate of drug-likeness (QED) is 0.0482. The highest BCUT2D eigenvalue weighted by Gasteiger charge is 2.16. The molecule has 0 fully saturated rings. The number of nitrogens with zero attached hydrogens (tertiary/aromatic N) is 7. The summed E-state index contributed by atoms with van der Waals surface area (Å²) in [7, 11) is -1.15. The molecule has 2 amide bonds. The van der Waals surface area contributed by atoms with Crippen LogP contribution in [0, 0.1) is 27.7 Å². The summed E-state index contributed by atoms with van der Waals surface area (Å²) in [4.78, 5) is 55.0. The maximum Gasteiger partial charge on any atom is 0.251 e. The van der Waals surface area contributed by atoms with Gasteiger partial charge in [0.15, 0.2) is 0 Å². The van der Waals surface area contributed by atoms with Crippen molar-refractivity contribution in [3.8, 4) is 0 Å². The van der Waals surface area contributed by atoms with Crippen molar-refractivity contribution in [3.63, 3.8) is 0 Å². The van der Waals surface area contributed by atoms with Crippen LogP contribution in [-0.4, -0.2) is 66.0 Å². The Bertz CT molecular complexity index is 3080. The highest BCUT2D eigenvalue weighted by Crippen LogP contribution is 2.25. The molecule has 0 saturated carbocycles. The first kappa shape index (κ1) is 49.2. The number of aryl methyl sites for hydroxylation is 4. The molecule has 352 valence electrons. The van der Waals surface area contributed by atoms with Crippen LogP contribution in [0.1, 0.15) is 76.9 Å². The van der Waals surface area contributed by atoms with Crippen LogP contribution in [-0.2, 0) is 37.4 Å². The fourth-order valence-corrected chi connectivity index (χ4v) is 8.95. The van der Waals surface area contributed by atoms with Crippen LogP contribution in [0.3, 0.4) is 0 Å². The number of carbonyl (C=O) groups is 2. The lowest BCUT2D eigenvalue weighted by Gasteiger charge is -2.16. The number of nitrogen functional groups attached to an aromatic ring is 2. The van der Waals surface area contributed by atoms with Gasteiger partial charge < -0.3 is 31.8 Å². The largest absolute Gasteiger partial charge is 0.384 e. The van der Waals surface area contributed by atoms with Crippen molar-refractivity contribution in [1.82, 2.24) is 50.1 Å². The van der Waals surface area contributed by atoms with Gasteiger partial charge >= 0.3 is 0 Å². The average molecular weight is 972 g/mol. The number of amides is 2. The van der Waals surface area contributed by atoms with Gasteiger partial charge in [-0.05, 0) is 128 Å². The Morgan fingerprint density at radius 1 is 0.706 bits per heavy atom. The number of nitrogens with one attached hydrogen (secondary N) is 3. The Labute approximate surface area is 406 Å². The van der Waals surface area contributed by atoms with E-state index in [2.05, 4.69) is 71.2 Å². The van der Waals surface area contributed by atoms with Gasteiger partial charge in [-0.2, -0.15) is 0 Å². The van der Waals surface area contributed by atoms with Gasteiger partial charge in [-0.15, -0.1) is 0 Å². The van der Waals surface area contributed by atoms with Crippen LogP contribution in [0.2, 0.25) is 36.0 Å². The van der Waals surface area contributed by atoms with Crippen molar-refractivity contribution in [2.24, 2.45) is 0 Å². The topological polar surface area (TPSA) is 218 Å². The lowest BCUT2D eigenvalue weighted by Crippen LogP contribution is -2.24. The minimum Gasteiger partial charge on any atom is -0.384 e. The lowest BCUT2D eigenvalue weighted by molar-refractivity contribution is 0.0900. The standard InChI is InChI=1S/C28H35ClN6O2Si.C22H21ClN6O/c1-18-10-26(30)34-19(2)24(18)16-33-28(36)21-6-7-31-23(13-21)12-20-11-22-14-25(29)35(27(22)32-15-20)17-37-8-9-38(3,4)5;1-12-5-20(24)28-13(2)18(12)11-27-22(30)15-3-4-25-17(8-15)7-14-6-16-9-19(23)29-21(16)26-10-14/h6-7,10-11,13-15H,8-9,12,16-17H2,1-5H3,(H2,30,34)(H,33,36);3-6,8-10H,7,11H2,1-2H3,(H2,24,28)(H,26,29)(H,27,30). The van der Waals surface area contributed by atoms with Crippen LogP contribution in [0.15, 0.2) is 85.5 Å². The molecule has 0 aliphatic rings. The maximum absolute atomic E-state index is 12.9. The van der Waals surface area contributed by atoms with Crippen molar-refractivity contribution >= 4 is 76.8 Å². The van der Waals surface area contributed by atoms with Gasteiger partial charge in [0.05, 0.1) is 0 Å². The lowest BCUT2D eigenvalue weighted by atomic mass is 10.1. The zero-order chi connectivity index (χ0) is 48.7. The molecule has 8 heterocycles. The van der Waals surface area contributed by atoms with Gasteiger partial charge in [-0.3, -0.25) is 24.1 Å². The van der Waals surface area contributed by atoms with Crippen LogP contribution >= 0.6 is 23.2 Å². The van der Waals surface area contributed by atoms with Crippen LogP contribution in [0.5, 0.6) is 0 Å². The second-order valence-electron chi connectivity index (χ2n) is 18.0. The normalized spacial score (nSPS) is 11.4. The number of rotatable bonds is 15. The molecular formula is C50H56Cl2N12O3Si. The smallest absolute Gasteiger partial charge is 0.251 e. The first-order valence-corrected chi connectivity index (χ1v) is 26.6. The summed E-state index contributed by atoms with van der Waals surface area (Å²) < 4.78 is 7.77. The van der Waals surface area contributed by atoms with E-state index >= 15 is 0 Å². The summed E-state index contributed by atoms with van der Waals surface area (Å²) in [5.41, 5.74) is 23.3. The first-order chi connectivity index (χ1) is 32.4. The van der Waals surface area contributed by atoms with Gasteiger partial charge in [0, 0.05) is 110 Å². The van der Waals surface area contributed by atoms with Gasteiger partial charge in [0.1, 0.15) is 40.0 Å². The number of aromatic amines is 1. The summed E-state index contributed by atoms with van der Waals surface area (Å²) in [6, 6.07) is 19.5. The molecule has 0 aliphatic heterocycles. The molecule has 18 heteroatoms. The predicted molar refractivity (Wildman–Crippen MR) is 273 cm³/mol. The number of H-pyrrole nitrogens is 1. The first-order valence-electron chi connectivity index (χ1n) is 22.1. The second kappa shape index (κ2) is 21.5. The van der Waals surface area contributed by atoms with E-state index in [1.54, 1.807) is 36.8 Å². The number of anilines is 2. The van der Waals surface area contributed by atoms with Crippen molar-refractivity contribution < 1.29 is 14.3 Å². The Morgan fingerprint density at radius 2 is 1.24 bits per heavy atom. The molecular weight excluding hydrogens is 916 g/mol. The number of halogens is 2. The number of hydrogen-bond donors (Lipinski definition) is 5. The zero-order valence-electron chi connectivity index (χ0n) is 39.3. The Morgan fingerprint density at radius 3 is 1.76 bits per heavy atom. The number of aromatic nitrogens is 8. The Hall–Kier alpha value is -6.72. The van der Waals surface area contributed by atoms with E-state index in [4.69, 9.17) is 39.4 Å². The minimum atomic E-state index is -1.15. The Kier molecular flexibility index (Phi) is 15.5. The van der Waals surface area contributed by atoms with Crippen molar-refractivity contribution in [2.45, 2.75) is 86.0 Å². The number of ether oxygens (including phenoxy) is 1. The van der Waals surface area contributed by atoms with E-state index < -0.39 is 8.07 Å². The van der Waals surface area contributed by atoms with Gasteiger partial charge in [-0.1, -0.05) is 42.8 Å². The summed E-state index contributed by atoms with van der Waals surface area (Å²) in [6.45, 7) is 16.5. The van der Waals surface area contributed by atoms with E-state index in [0.717, 1.165) is 90.9 Å². The summed E-state index contributed by atoms with van der Waals surface area (Å²) in [5, 5.41) is 8.96. The predicted octanol–water partition coefficient (Wildman–Crippen LogP) is 9.24. The van der Waals surface area contributed by atoms with E-state index in [1.165, 1.54) is 0 Å². The van der Waals surface area contributed by atoms with Gasteiger partial charge in [0.2, 0.25) is 0 Å². The van der Waals surface area contributed by atoms with Crippen molar-refractivity contribution in [2.75, 3.05) is 18.1 Å². The second-order valence-corrected chi connectivity index (χ2v) is 24.5. The number of fused-ring (bicyclic) bond motifs is 2. The van der Waals surface area contributed by atoms with Crippen LogP contribution in [0.4, 0.5) is 11.6 Å². The monoisotopic (exact) mass is 970 g/mol. The summed E-state index contributed by atoms with van der Waals surface area (Å²) >= 11 is 12.5. The minimum absolute atomic E-state index is 0.166. The highest BCUT2D eigenvalue weighted by molar-refractivity contribution is 6.76. The zero-order valence-corrected chi connectivity index (χ0v) is 41.8. The molecule has 15 nitrogen and oxygen atoms in total. The molecule has 0 aromatic carbocycles. The third kappa shape index (κ3) is 12.8. The number of nitrogens with two attached hydrogens (primary N) is 2. The molecule has 8 aromatic heterocycles. The molecule has 0 aliphatic carbocycles. The van der Waals surface area contributed by atoms with Gasteiger partial charge in [0.25, 0.3) is 11.8 Å². The molecule has 0 spiro atoms. The van der Waals surface area contributed by atoms with Crippen molar-refractivity contribution in [1.29, 1.82) is 0 Å². The molecule has 0 atom stereocenters. The molecule has 0 radical (unpaired) electrons. The maximum atomic E-state index is 12.9.